The second kappa shape index (κ2) is 10.1. The molecule has 3 nitrogen and oxygen atoms in total. The molecule has 24 heavy (non-hydrogen) atoms. The minimum Gasteiger partial charge on any atom is -0.303 e. The summed E-state index contributed by atoms with van der Waals surface area (Å²) in [7, 11) is 0. The Kier molecular flexibility index (Phi) is 8.53. The Hall–Kier alpha value is -0.120. The topological polar surface area (TPSA) is 9.72 Å². The maximum absolute atomic E-state index is 2.73. The van der Waals surface area contributed by atoms with Crippen LogP contribution in [0.2, 0.25) is 0 Å². The average Bonchev–Trinajstić information content (AvgIpc) is 2.55. The van der Waals surface area contributed by atoms with Crippen molar-refractivity contribution in [1.29, 1.82) is 0 Å². The fourth-order valence-corrected chi connectivity index (χ4v) is 4.73. The molecule has 142 valence electrons. The summed E-state index contributed by atoms with van der Waals surface area (Å²) >= 11 is 0. The van der Waals surface area contributed by atoms with Gasteiger partial charge in [0.15, 0.2) is 0 Å². The van der Waals surface area contributed by atoms with Crippen LogP contribution in [0.5, 0.6) is 0 Å². The summed E-state index contributed by atoms with van der Waals surface area (Å²) in [5.74, 6) is 2.62. The molecule has 0 aliphatic carbocycles. The molecule has 3 heteroatoms. The highest BCUT2D eigenvalue weighted by Crippen LogP contribution is 2.22. The Labute approximate surface area is 151 Å². The lowest BCUT2D eigenvalue weighted by molar-refractivity contribution is 0.0800. The van der Waals surface area contributed by atoms with Gasteiger partial charge in [-0.05, 0) is 57.0 Å². The Morgan fingerprint density at radius 1 is 0.792 bits per heavy atom. The van der Waals surface area contributed by atoms with Crippen molar-refractivity contribution in [3.05, 3.63) is 0 Å². The van der Waals surface area contributed by atoms with Crippen molar-refractivity contribution in [3.8, 4) is 0 Å². The smallest absolute Gasteiger partial charge is 0.0113 e. The molecule has 0 spiro atoms. The molecule has 0 bridgehead atoms. The van der Waals surface area contributed by atoms with E-state index in [1.807, 2.05) is 0 Å². The fourth-order valence-electron chi connectivity index (χ4n) is 4.73. The van der Waals surface area contributed by atoms with Gasteiger partial charge in [0, 0.05) is 45.3 Å². The third kappa shape index (κ3) is 6.65. The van der Waals surface area contributed by atoms with E-state index in [0.29, 0.717) is 0 Å². The van der Waals surface area contributed by atoms with E-state index in [-0.39, 0.29) is 0 Å². The number of hydrogen-bond acceptors (Lipinski definition) is 3. The molecule has 2 unspecified atom stereocenters. The maximum Gasteiger partial charge on any atom is 0.0113 e. The van der Waals surface area contributed by atoms with Gasteiger partial charge in [-0.2, -0.15) is 0 Å². The highest BCUT2D eigenvalue weighted by atomic mass is 15.3. The van der Waals surface area contributed by atoms with E-state index in [1.54, 1.807) is 0 Å². The second-order valence-electron chi connectivity index (χ2n) is 9.07. The zero-order chi connectivity index (χ0) is 17.5. The van der Waals surface area contributed by atoms with E-state index < -0.39 is 0 Å². The van der Waals surface area contributed by atoms with Crippen LogP contribution in [0.4, 0.5) is 0 Å². The number of rotatable bonds is 8. The lowest BCUT2D eigenvalue weighted by Crippen LogP contribution is -2.50. The molecule has 0 aromatic carbocycles. The Morgan fingerprint density at radius 2 is 1.38 bits per heavy atom. The Bertz CT molecular complexity index is 328. The molecule has 2 heterocycles. The van der Waals surface area contributed by atoms with Crippen LogP contribution in [-0.4, -0.2) is 73.1 Å². The van der Waals surface area contributed by atoms with Crippen LogP contribution >= 0.6 is 0 Å². The molecule has 0 aromatic rings. The number of piperidine rings is 1. The van der Waals surface area contributed by atoms with Gasteiger partial charge in [-0.15, -0.1) is 0 Å². The number of nitrogens with zero attached hydrogens (tertiary/aromatic N) is 3. The summed E-state index contributed by atoms with van der Waals surface area (Å²) in [5.41, 5.74) is 0. The third-order valence-electron chi connectivity index (χ3n) is 6.25. The summed E-state index contributed by atoms with van der Waals surface area (Å²) in [6.45, 7) is 22.3. The first-order chi connectivity index (χ1) is 11.5. The molecule has 0 aromatic heterocycles. The minimum absolute atomic E-state index is 0.745. The van der Waals surface area contributed by atoms with Gasteiger partial charge in [-0.3, -0.25) is 4.90 Å². The maximum atomic E-state index is 2.73. The first-order valence-electron chi connectivity index (χ1n) is 10.7. The van der Waals surface area contributed by atoms with Gasteiger partial charge in [-0.1, -0.05) is 34.1 Å². The van der Waals surface area contributed by atoms with Crippen LogP contribution in [0.3, 0.4) is 0 Å². The van der Waals surface area contributed by atoms with Crippen molar-refractivity contribution >= 4 is 0 Å². The molecular weight excluding hydrogens is 294 g/mol. The SMILES string of the molecule is CCC1CCN(CC(C)CC(C)N2CCN(CC(C)C)CC2)CC1. The standard InChI is InChI=1S/C21H43N3/c1-6-21-7-9-22(10-8-21)17-19(4)15-20(5)24-13-11-23(12-14-24)16-18(2)3/h18-21H,6-17H2,1-5H3. The van der Waals surface area contributed by atoms with Crippen molar-refractivity contribution in [1.82, 2.24) is 14.7 Å². The van der Waals surface area contributed by atoms with Gasteiger partial charge < -0.3 is 9.80 Å². The van der Waals surface area contributed by atoms with Crippen molar-refractivity contribution in [3.63, 3.8) is 0 Å². The predicted molar refractivity (Wildman–Crippen MR) is 106 cm³/mol. The van der Waals surface area contributed by atoms with Gasteiger partial charge in [-0.25, -0.2) is 0 Å². The molecule has 2 aliphatic heterocycles. The summed E-state index contributed by atoms with van der Waals surface area (Å²) in [4.78, 5) is 8.11. The molecule has 0 saturated carbocycles. The Balaban J connectivity index is 1.64. The Morgan fingerprint density at radius 3 is 1.92 bits per heavy atom. The molecule has 0 amide bonds. The summed E-state index contributed by atoms with van der Waals surface area (Å²) in [5, 5.41) is 0. The average molecular weight is 338 g/mol. The zero-order valence-electron chi connectivity index (χ0n) is 17.1. The number of piperazine rings is 1. The van der Waals surface area contributed by atoms with E-state index in [0.717, 1.165) is 23.8 Å². The van der Waals surface area contributed by atoms with Crippen molar-refractivity contribution in [2.45, 2.75) is 66.3 Å². The monoisotopic (exact) mass is 337 g/mol. The van der Waals surface area contributed by atoms with Crippen LogP contribution < -0.4 is 0 Å². The van der Waals surface area contributed by atoms with Gasteiger partial charge in [0.1, 0.15) is 0 Å². The highest BCUT2D eigenvalue weighted by molar-refractivity contribution is 4.79. The van der Waals surface area contributed by atoms with E-state index in [2.05, 4.69) is 49.3 Å². The molecule has 2 atom stereocenters. The normalized spacial score (nSPS) is 25.2. The summed E-state index contributed by atoms with van der Waals surface area (Å²) in [6.07, 6.45) is 5.59. The molecular formula is C21H43N3. The lowest BCUT2D eigenvalue weighted by atomic mass is 9.93. The van der Waals surface area contributed by atoms with Crippen LogP contribution in [0.25, 0.3) is 0 Å². The summed E-state index contributed by atoms with van der Waals surface area (Å²) in [6, 6.07) is 0.745. The largest absolute Gasteiger partial charge is 0.303 e. The van der Waals surface area contributed by atoms with Crippen molar-refractivity contribution in [2.75, 3.05) is 52.4 Å². The van der Waals surface area contributed by atoms with Crippen LogP contribution in [0, 0.1) is 17.8 Å². The molecule has 2 fully saturated rings. The number of hydrogen-bond donors (Lipinski definition) is 0. The van der Waals surface area contributed by atoms with E-state index in [4.69, 9.17) is 0 Å². The van der Waals surface area contributed by atoms with Gasteiger partial charge >= 0.3 is 0 Å². The first-order valence-corrected chi connectivity index (χ1v) is 10.7. The molecule has 2 aliphatic rings. The molecule has 2 saturated heterocycles. The fraction of sp³-hybridized carbons (Fsp3) is 1.00. The summed E-state index contributed by atoms with van der Waals surface area (Å²) < 4.78 is 0. The van der Waals surface area contributed by atoms with Gasteiger partial charge in [0.05, 0.1) is 0 Å². The third-order valence-corrected chi connectivity index (χ3v) is 6.25. The van der Waals surface area contributed by atoms with Gasteiger partial charge in [0.25, 0.3) is 0 Å². The second-order valence-corrected chi connectivity index (χ2v) is 9.07. The van der Waals surface area contributed by atoms with E-state index >= 15 is 0 Å². The highest BCUT2D eigenvalue weighted by Gasteiger charge is 2.24. The lowest BCUT2D eigenvalue weighted by Gasteiger charge is -2.40. The molecule has 0 N–H and O–H groups in total. The van der Waals surface area contributed by atoms with E-state index in [1.165, 1.54) is 78.0 Å². The van der Waals surface area contributed by atoms with Crippen molar-refractivity contribution < 1.29 is 0 Å². The van der Waals surface area contributed by atoms with Crippen molar-refractivity contribution in [2.24, 2.45) is 17.8 Å². The van der Waals surface area contributed by atoms with Gasteiger partial charge in [0.2, 0.25) is 0 Å². The van der Waals surface area contributed by atoms with E-state index in [9.17, 15) is 0 Å². The molecule has 0 radical (unpaired) electrons. The quantitative estimate of drug-likeness (QED) is 0.667. The minimum atomic E-state index is 0.745. The zero-order valence-corrected chi connectivity index (χ0v) is 17.1. The number of likely N-dealkylation sites (tertiary alicyclic amines) is 1. The van der Waals surface area contributed by atoms with Crippen LogP contribution in [0.1, 0.15) is 60.3 Å². The van der Waals surface area contributed by atoms with Crippen LogP contribution in [0.15, 0.2) is 0 Å². The molecule has 2 rings (SSSR count). The first kappa shape index (κ1) is 20.2. The van der Waals surface area contributed by atoms with Crippen LogP contribution in [-0.2, 0) is 0 Å². The predicted octanol–water partition coefficient (Wildman–Crippen LogP) is 3.80.